The highest BCUT2D eigenvalue weighted by molar-refractivity contribution is 7.22. The Morgan fingerprint density at radius 2 is 2.17 bits per heavy atom. The lowest BCUT2D eigenvalue weighted by atomic mass is 10.0. The Morgan fingerprint density at radius 1 is 1.42 bits per heavy atom. The number of fused-ring (bicyclic) bond motifs is 1. The molecule has 1 aromatic heterocycles. The number of benzene rings is 1. The van der Waals surface area contributed by atoms with Crippen molar-refractivity contribution in [1.29, 1.82) is 0 Å². The number of carbonyl (C=O) groups is 2. The number of nitrogens with zero attached hydrogens (tertiary/aromatic N) is 2. The molecule has 0 bridgehead atoms. The normalized spacial score (nSPS) is 17.5. The van der Waals surface area contributed by atoms with Gasteiger partial charge in [0.15, 0.2) is 5.13 Å². The van der Waals surface area contributed by atoms with Crippen LogP contribution in [0.25, 0.3) is 10.2 Å². The molecule has 2 aromatic rings. The molecule has 0 unspecified atom stereocenters. The molecule has 0 spiro atoms. The molecule has 6 nitrogen and oxygen atoms in total. The van der Waals surface area contributed by atoms with Crippen LogP contribution in [-0.4, -0.2) is 40.1 Å². The Bertz CT molecular complexity index is 799. The van der Waals surface area contributed by atoms with Crippen molar-refractivity contribution in [3.63, 3.8) is 0 Å². The fourth-order valence-corrected chi connectivity index (χ4v) is 3.36. The molecule has 1 atom stereocenters. The lowest BCUT2D eigenvalue weighted by Crippen LogP contribution is -2.57. The van der Waals surface area contributed by atoms with Gasteiger partial charge in [-0.3, -0.25) is 9.69 Å². The second-order valence-electron chi connectivity index (χ2n) is 6.60. The number of amides is 2. The SMILES string of the molecule is CC(C)(C)OC(=O)N1CC[C@H]1C(=O)Nc1nc2cc(Cl)ccc2s1. The summed E-state index contributed by atoms with van der Waals surface area (Å²) in [7, 11) is 0. The van der Waals surface area contributed by atoms with Gasteiger partial charge in [-0.15, -0.1) is 0 Å². The van der Waals surface area contributed by atoms with Gasteiger partial charge >= 0.3 is 6.09 Å². The van der Waals surface area contributed by atoms with Crippen LogP contribution in [0.15, 0.2) is 18.2 Å². The first-order valence-electron chi connectivity index (χ1n) is 7.59. The number of carbonyl (C=O) groups excluding carboxylic acids is 2. The van der Waals surface area contributed by atoms with Crippen LogP contribution >= 0.6 is 22.9 Å². The summed E-state index contributed by atoms with van der Waals surface area (Å²) in [6.07, 6.45) is 0.145. The van der Waals surface area contributed by atoms with E-state index in [-0.39, 0.29) is 5.91 Å². The summed E-state index contributed by atoms with van der Waals surface area (Å²) in [6, 6.07) is 4.88. The number of hydrogen-bond acceptors (Lipinski definition) is 5. The monoisotopic (exact) mass is 367 g/mol. The van der Waals surface area contributed by atoms with Gasteiger partial charge in [0.25, 0.3) is 0 Å². The van der Waals surface area contributed by atoms with Crippen LogP contribution < -0.4 is 5.32 Å². The highest BCUT2D eigenvalue weighted by Crippen LogP contribution is 2.29. The van der Waals surface area contributed by atoms with Crippen molar-refractivity contribution in [2.45, 2.75) is 38.8 Å². The van der Waals surface area contributed by atoms with Gasteiger partial charge in [0.2, 0.25) is 5.91 Å². The highest BCUT2D eigenvalue weighted by Gasteiger charge is 2.40. The second kappa shape index (κ2) is 6.22. The van der Waals surface area contributed by atoms with E-state index in [9.17, 15) is 9.59 Å². The molecule has 24 heavy (non-hydrogen) atoms. The molecule has 1 fully saturated rings. The maximum Gasteiger partial charge on any atom is 0.410 e. The molecule has 128 valence electrons. The van der Waals surface area contributed by atoms with Gasteiger partial charge in [-0.25, -0.2) is 9.78 Å². The summed E-state index contributed by atoms with van der Waals surface area (Å²) in [5, 5.41) is 3.87. The zero-order valence-electron chi connectivity index (χ0n) is 13.6. The predicted molar refractivity (Wildman–Crippen MR) is 94.6 cm³/mol. The van der Waals surface area contributed by atoms with E-state index in [1.54, 1.807) is 32.9 Å². The number of hydrogen-bond donors (Lipinski definition) is 1. The number of halogens is 1. The summed E-state index contributed by atoms with van der Waals surface area (Å²) in [6.45, 7) is 5.91. The minimum atomic E-state index is -0.583. The summed E-state index contributed by atoms with van der Waals surface area (Å²) in [5.41, 5.74) is 0.153. The zero-order valence-corrected chi connectivity index (χ0v) is 15.2. The Kier molecular flexibility index (Phi) is 4.40. The zero-order chi connectivity index (χ0) is 17.5. The van der Waals surface area contributed by atoms with Crippen LogP contribution in [0.4, 0.5) is 9.93 Å². The molecule has 1 aromatic carbocycles. The molecule has 3 rings (SSSR count). The molecule has 2 amide bonds. The van der Waals surface area contributed by atoms with E-state index in [0.29, 0.717) is 23.1 Å². The summed E-state index contributed by atoms with van der Waals surface area (Å²) < 4.78 is 6.25. The molecule has 0 saturated carbocycles. The van der Waals surface area contributed by atoms with Gasteiger partial charge in [0, 0.05) is 11.6 Å². The van der Waals surface area contributed by atoms with Crippen molar-refractivity contribution in [2.75, 3.05) is 11.9 Å². The van der Waals surface area contributed by atoms with Crippen LogP contribution in [0.1, 0.15) is 27.2 Å². The van der Waals surface area contributed by atoms with Crippen LogP contribution in [0.2, 0.25) is 5.02 Å². The Hall–Kier alpha value is -1.86. The first kappa shape index (κ1) is 17.0. The number of anilines is 1. The first-order chi connectivity index (χ1) is 11.2. The van der Waals surface area contributed by atoms with Gasteiger partial charge in [0.05, 0.1) is 10.2 Å². The van der Waals surface area contributed by atoms with Crippen LogP contribution in [0.5, 0.6) is 0 Å². The summed E-state index contributed by atoms with van der Waals surface area (Å²) in [4.78, 5) is 30.3. The molecular formula is C16H18ClN3O3S. The lowest BCUT2D eigenvalue weighted by Gasteiger charge is -2.39. The number of ether oxygens (including phenoxy) is 1. The Labute approximate surface area is 148 Å². The van der Waals surface area contributed by atoms with E-state index in [1.165, 1.54) is 16.2 Å². The average Bonchev–Trinajstić information content (AvgIpc) is 2.75. The number of rotatable bonds is 2. The molecule has 0 radical (unpaired) electrons. The van der Waals surface area contributed by atoms with Crippen LogP contribution in [0, 0.1) is 0 Å². The van der Waals surface area contributed by atoms with E-state index in [4.69, 9.17) is 16.3 Å². The van der Waals surface area contributed by atoms with E-state index < -0.39 is 17.7 Å². The van der Waals surface area contributed by atoms with E-state index in [2.05, 4.69) is 10.3 Å². The number of thiazole rings is 1. The molecule has 2 heterocycles. The van der Waals surface area contributed by atoms with Crippen LogP contribution in [0.3, 0.4) is 0 Å². The lowest BCUT2D eigenvalue weighted by molar-refractivity contribution is -0.125. The van der Waals surface area contributed by atoms with Gasteiger partial charge in [0.1, 0.15) is 11.6 Å². The largest absolute Gasteiger partial charge is 0.444 e. The van der Waals surface area contributed by atoms with Crippen molar-refractivity contribution < 1.29 is 14.3 Å². The van der Waals surface area contributed by atoms with Gasteiger partial charge in [-0.05, 0) is 45.4 Å². The van der Waals surface area contributed by atoms with E-state index in [0.717, 1.165) is 10.2 Å². The predicted octanol–water partition coefficient (Wildman–Crippen LogP) is 3.90. The van der Waals surface area contributed by atoms with Crippen molar-refractivity contribution in [3.05, 3.63) is 23.2 Å². The third-order valence-corrected chi connectivity index (χ3v) is 4.72. The average molecular weight is 368 g/mol. The van der Waals surface area contributed by atoms with Crippen molar-refractivity contribution in [2.24, 2.45) is 0 Å². The summed E-state index contributed by atoms with van der Waals surface area (Å²) >= 11 is 7.31. The minimum absolute atomic E-state index is 0.253. The maximum atomic E-state index is 12.4. The maximum absolute atomic E-state index is 12.4. The number of nitrogens with one attached hydrogen (secondary N) is 1. The standard InChI is InChI=1S/C16H18ClN3O3S/c1-16(2,3)23-15(22)20-7-6-11(20)13(21)19-14-18-10-8-9(17)4-5-12(10)24-14/h4-5,8,11H,6-7H2,1-3H3,(H,18,19,21)/t11-/m0/s1. The highest BCUT2D eigenvalue weighted by atomic mass is 35.5. The van der Waals surface area contributed by atoms with Gasteiger partial charge in [-0.2, -0.15) is 0 Å². The number of likely N-dealkylation sites (tertiary alicyclic amines) is 1. The van der Waals surface area contributed by atoms with Gasteiger partial charge in [-0.1, -0.05) is 22.9 Å². The molecule has 0 aliphatic carbocycles. The Morgan fingerprint density at radius 3 is 2.79 bits per heavy atom. The van der Waals surface area contributed by atoms with Crippen molar-refractivity contribution in [3.8, 4) is 0 Å². The first-order valence-corrected chi connectivity index (χ1v) is 8.79. The molecular weight excluding hydrogens is 350 g/mol. The van der Waals surface area contributed by atoms with Gasteiger partial charge < -0.3 is 10.1 Å². The minimum Gasteiger partial charge on any atom is -0.444 e. The molecule has 8 heteroatoms. The molecule has 1 aliphatic heterocycles. The van der Waals surface area contributed by atoms with Crippen LogP contribution in [-0.2, 0) is 9.53 Å². The quantitative estimate of drug-likeness (QED) is 0.873. The van der Waals surface area contributed by atoms with E-state index in [1.807, 2.05) is 6.07 Å². The third kappa shape index (κ3) is 3.62. The smallest absolute Gasteiger partial charge is 0.410 e. The third-order valence-electron chi connectivity index (χ3n) is 3.53. The topological polar surface area (TPSA) is 71.5 Å². The molecule has 1 saturated heterocycles. The summed E-state index contributed by atoms with van der Waals surface area (Å²) in [5.74, 6) is -0.253. The fraction of sp³-hybridized carbons (Fsp3) is 0.438. The second-order valence-corrected chi connectivity index (χ2v) is 8.07. The van der Waals surface area contributed by atoms with Crippen molar-refractivity contribution in [1.82, 2.24) is 9.88 Å². The Balaban J connectivity index is 1.66. The van der Waals surface area contributed by atoms with E-state index >= 15 is 0 Å². The number of aromatic nitrogens is 1. The molecule has 1 N–H and O–H groups in total. The molecule has 1 aliphatic rings. The fourth-order valence-electron chi connectivity index (χ4n) is 2.34. The van der Waals surface area contributed by atoms with Crippen molar-refractivity contribution >= 4 is 50.3 Å².